The van der Waals surface area contributed by atoms with Crippen molar-refractivity contribution < 1.29 is 8.42 Å². The van der Waals surface area contributed by atoms with Crippen LogP contribution in [0.15, 0.2) is 47.5 Å². The zero-order chi connectivity index (χ0) is 18.6. The van der Waals surface area contributed by atoms with E-state index >= 15 is 0 Å². The molecule has 6 heteroatoms. The van der Waals surface area contributed by atoms with Crippen molar-refractivity contribution in [3.63, 3.8) is 0 Å². The molecule has 1 saturated heterocycles. The van der Waals surface area contributed by atoms with Gasteiger partial charge in [0.05, 0.1) is 10.9 Å². The van der Waals surface area contributed by atoms with Crippen LogP contribution < -0.4 is 4.72 Å². The summed E-state index contributed by atoms with van der Waals surface area (Å²) in [5.74, 6) is 0. The van der Waals surface area contributed by atoms with Crippen LogP contribution >= 0.6 is 0 Å². The number of rotatable bonds is 8. The molecule has 0 saturated carbocycles. The maximum Gasteiger partial charge on any atom is 0.240 e. The van der Waals surface area contributed by atoms with E-state index in [1.807, 2.05) is 31.4 Å². The van der Waals surface area contributed by atoms with Gasteiger partial charge in [0.2, 0.25) is 10.0 Å². The molecule has 26 heavy (non-hydrogen) atoms. The Balaban J connectivity index is 1.74. The van der Waals surface area contributed by atoms with Crippen LogP contribution in [0.2, 0.25) is 0 Å². The van der Waals surface area contributed by atoms with Crippen molar-refractivity contribution >= 4 is 10.0 Å². The minimum absolute atomic E-state index is 0.0617. The standard InChI is InChI=1S/C20H29N3O2S/c1-3-7-17-9-11-18(12-10-17)26(24,25)21-16-20(23-14-4-5-15-23)19-8-6-13-22(19)2/h6,8-13,20-21H,3-5,7,14-16H2,1-2H3. The van der Waals surface area contributed by atoms with Gasteiger partial charge in [-0.05, 0) is 62.2 Å². The lowest BCUT2D eigenvalue weighted by molar-refractivity contribution is 0.238. The largest absolute Gasteiger partial charge is 0.353 e. The molecule has 1 N–H and O–H groups in total. The summed E-state index contributed by atoms with van der Waals surface area (Å²) in [4.78, 5) is 2.71. The topological polar surface area (TPSA) is 54.3 Å². The van der Waals surface area contributed by atoms with E-state index in [0.29, 0.717) is 11.4 Å². The van der Waals surface area contributed by atoms with Crippen LogP contribution in [-0.2, 0) is 23.5 Å². The summed E-state index contributed by atoms with van der Waals surface area (Å²) in [5.41, 5.74) is 2.32. The van der Waals surface area contributed by atoms with Gasteiger partial charge in [-0.3, -0.25) is 4.90 Å². The molecule has 0 radical (unpaired) electrons. The molecule has 0 bridgehead atoms. The molecule has 1 aromatic carbocycles. The lowest BCUT2D eigenvalue weighted by Crippen LogP contribution is -2.37. The summed E-state index contributed by atoms with van der Waals surface area (Å²) < 4.78 is 30.4. The van der Waals surface area contributed by atoms with Crippen molar-refractivity contribution in [3.8, 4) is 0 Å². The van der Waals surface area contributed by atoms with Crippen molar-refractivity contribution in [1.82, 2.24) is 14.2 Å². The zero-order valence-corrected chi connectivity index (χ0v) is 16.5. The van der Waals surface area contributed by atoms with Gasteiger partial charge in [0, 0.05) is 25.5 Å². The first-order valence-electron chi connectivity index (χ1n) is 9.45. The van der Waals surface area contributed by atoms with Crippen LogP contribution in [0.4, 0.5) is 0 Å². The molecule has 3 rings (SSSR count). The lowest BCUT2D eigenvalue weighted by atomic mass is 10.1. The third kappa shape index (κ3) is 4.37. The predicted molar refractivity (Wildman–Crippen MR) is 105 cm³/mol. The SMILES string of the molecule is CCCc1ccc(S(=O)(=O)NCC(c2cccn2C)N2CCCC2)cc1. The summed E-state index contributed by atoms with van der Waals surface area (Å²) in [6, 6.07) is 11.4. The molecule has 2 aromatic rings. The summed E-state index contributed by atoms with van der Waals surface area (Å²) in [5, 5.41) is 0. The number of likely N-dealkylation sites (tertiary alicyclic amines) is 1. The maximum absolute atomic E-state index is 12.7. The van der Waals surface area contributed by atoms with Gasteiger partial charge in [-0.2, -0.15) is 0 Å². The third-order valence-corrected chi connectivity index (χ3v) is 6.59. The third-order valence-electron chi connectivity index (χ3n) is 5.15. The average molecular weight is 376 g/mol. The van der Waals surface area contributed by atoms with E-state index in [1.165, 1.54) is 18.4 Å². The molecule has 2 heterocycles. The molecule has 1 fully saturated rings. The van der Waals surface area contributed by atoms with Gasteiger partial charge in [0.25, 0.3) is 0 Å². The van der Waals surface area contributed by atoms with Crippen LogP contribution in [0.25, 0.3) is 0 Å². The molecule has 0 amide bonds. The van der Waals surface area contributed by atoms with E-state index in [9.17, 15) is 8.42 Å². The van der Waals surface area contributed by atoms with Gasteiger partial charge in [0.1, 0.15) is 0 Å². The van der Waals surface area contributed by atoms with Crippen molar-refractivity contribution in [2.75, 3.05) is 19.6 Å². The molecular formula is C20H29N3O2S. The first-order chi connectivity index (χ1) is 12.5. The van der Waals surface area contributed by atoms with Gasteiger partial charge < -0.3 is 4.57 Å². The second-order valence-electron chi connectivity index (χ2n) is 7.05. The molecule has 1 aromatic heterocycles. The number of sulfonamides is 1. The van der Waals surface area contributed by atoms with E-state index < -0.39 is 10.0 Å². The van der Waals surface area contributed by atoms with Crippen LogP contribution in [0, 0.1) is 0 Å². The molecule has 1 aliphatic rings. The fraction of sp³-hybridized carbons (Fsp3) is 0.500. The van der Waals surface area contributed by atoms with Crippen LogP contribution in [-0.4, -0.2) is 37.5 Å². The van der Waals surface area contributed by atoms with Crippen LogP contribution in [0.3, 0.4) is 0 Å². The quantitative estimate of drug-likeness (QED) is 0.771. The molecule has 1 aliphatic heterocycles. The van der Waals surface area contributed by atoms with Gasteiger partial charge in [-0.15, -0.1) is 0 Å². The zero-order valence-electron chi connectivity index (χ0n) is 15.7. The summed E-state index contributed by atoms with van der Waals surface area (Å²) in [6.07, 6.45) is 6.38. The van der Waals surface area contributed by atoms with Crippen molar-refractivity contribution in [1.29, 1.82) is 0 Å². The second kappa shape index (κ2) is 8.37. The smallest absolute Gasteiger partial charge is 0.240 e. The Morgan fingerprint density at radius 2 is 1.81 bits per heavy atom. The highest BCUT2D eigenvalue weighted by molar-refractivity contribution is 7.89. The van der Waals surface area contributed by atoms with E-state index in [4.69, 9.17) is 0 Å². The first-order valence-corrected chi connectivity index (χ1v) is 10.9. The summed E-state index contributed by atoms with van der Waals surface area (Å²) in [7, 11) is -1.49. The molecule has 5 nitrogen and oxygen atoms in total. The number of hydrogen-bond donors (Lipinski definition) is 1. The van der Waals surface area contributed by atoms with Crippen LogP contribution in [0.5, 0.6) is 0 Å². The predicted octanol–water partition coefficient (Wildman–Crippen LogP) is 3.09. The number of benzene rings is 1. The molecule has 1 unspecified atom stereocenters. The number of nitrogens with zero attached hydrogens (tertiary/aromatic N) is 2. The fourth-order valence-electron chi connectivity index (χ4n) is 3.69. The van der Waals surface area contributed by atoms with Crippen LogP contribution in [0.1, 0.15) is 43.5 Å². The lowest BCUT2D eigenvalue weighted by Gasteiger charge is -2.28. The summed E-state index contributed by atoms with van der Waals surface area (Å²) >= 11 is 0. The number of nitrogens with one attached hydrogen (secondary N) is 1. The Labute approximate surface area is 157 Å². The molecule has 142 valence electrons. The maximum atomic E-state index is 12.7. The Kier molecular flexibility index (Phi) is 6.16. The van der Waals surface area contributed by atoms with Gasteiger partial charge in [-0.1, -0.05) is 25.5 Å². The minimum atomic E-state index is -3.51. The second-order valence-corrected chi connectivity index (χ2v) is 8.82. The molecular weight excluding hydrogens is 346 g/mol. The number of hydrogen-bond acceptors (Lipinski definition) is 3. The Morgan fingerprint density at radius 3 is 2.38 bits per heavy atom. The highest BCUT2D eigenvalue weighted by atomic mass is 32.2. The van der Waals surface area contributed by atoms with E-state index in [1.54, 1.807) is 12.1 Å². The minimum Gasteiger partial charge on any atom is -0.353 e. The molecule has 0 spiro atoms. The molecule has 0 aliphatic carbocycles. The first kappa shape index (κ1) is 19.1. The van der Waals surface area contributed by atoms with E-state index in [-0.39, 0.29) is 6.04 Å². The van der Waals surface area contributed by atoms with Crippen molar-refractivity contribution in [2.45, 2.75) is 43.5 Å². The summed E-state index contributed by atoms with van der Waals surface area (Å²) in [6.45, 7) is 4.54. The Hall–Kier alpha value is -1.63. The monoisotopic (exact) mass is 375 g/mol. The van der Waals surface area contributed by atoms with E-state index in [0.717, 1.165) is 31.6 Å². The van der Waals surface area contributed by atoms with Crippen molar-refractivity contribution in [3.05, 3.63) is 53.9 Å². The van der Waals surface area contributed by atoms with Gasteiger partial charge >= 0.3 is 0 Å². The Bertz CT molecular complexity index is 806. The van der Waals surface area contributed by atoms with E-state index in [2.05, 4.69) is 27.2 Å². The fourth-order valence-corrected chi connectivity index (χ4v) is 4.73. The van der Waals surface area contributed by atoms with Gasteiger partial charge in [0.15, 0.2) is 0 Å². The Morgan fingerprint density at radius 1 is 1.12 bits per heavy atom. The highest BCUT2D eigenvalue weighted by Gasteiger charge is 2.27. The average Bonchev–Trinajstić information content (AvgIpc) is 3.29. The molecule has 1 atom stereocenters. The number of aromatic nitrogens is 1. The normalized spacial score (nSPS) is 16.8. The number of aryl methyl sites for hydroxylation is 2. The van der Waals surface area contributed by atoms with Gasteiger partial charge in [-0.25, -0.2) is 13.1 Å². The van der Waals surface area contributed by atoms with Crippen molar-refractivity contribution in [2.24, 2.45) is 7.05 Å². The highest BCUT2D eigenvalue weighted by Crippen LogP contribution is 2.25.